The lowest BCUT2D eigenvalue weighted by Gasteiger charge is -2.25. The molecule has 0 aromatic heterocycles. The van der Waals surface area contributed by atoms with Crippen LogP contribution in [0.25, 0.3) is 0 Å². The van der Waals surface area contributed by atoms with Crippen LogP contribution >= 0.6 is 0 Å². The van der Waals surface area contributed by atoms with Crippen molar-refractivity contribution in [3.8, 4) is 0 Å². The second kappa shape index (κ2) is 10.5. The maximum atomic E-state index is 13.1. The van der Waals surface area contributed by atoms with Crippen LogP contribution in [-0.4, -0.2) is 17.0 Å². The highest BCUT2D eigenvalue weighted by molar-refractivity contribution is 5.91. The molecule has 1 amide bonds. The van der Waals surface area contributed by atoms with Gasteiger partial charge in [-0.05, 0) is 53.9 Å². The normalized spacial score (nSPS) is 11.3. The third-order valence-corrected chi connectivity index (χ3v) is 5.44. The summed E-state index contributed by atoms with van der Waals surface area (Å²) >= 11 is 0. The highest BCUT2D eigenvalue weighted by Crippen LogP contribution is 2.31. The van der Waals surface area contributed by atoms with Gasteiger partial charge in [0.15, 0.2) is 5.60 Å². The number of nitrogens with one attached hydrogen (secondary N) is 1. The van der Waals surface area contributed by atoms with E-state index in [4.69, 9.17) is 4.84 Å². The summed E-state index contributed by atoms with van der Waals surface area (Å²) in [5.41, 5.74) is 3.59. The van der Waals surface area contributed by atoms with E-state index in [1.165, 1.54) is 0 Å². The minimum Gasteiger partial charge on any atom is -0.372 e. The van der Waals surface area contributed by atoms with Gasteiger partial charge in [0.05, 0.1) is 16.9 Å². The van der Waals surface area contributed by atoms with Gasteiger partial charge in [0.25, 0.3) is 0 Å². The fourth-order valence-corrected chi connectivity index (χ4v) is 3.51. The van der Waals surface area contributed by atoms with E-state index >= 15 is 0 Å². The van der Waals surface area contributed by atoms with Crippen LogP contribution in [0.3, 0.4) is 0 Å². The number of aryl methyl sites for hydroxylation is 1. The Labute approximate surface area is 202 Å². The number of azo groups is 1. The Hall–Kier alpha value is -4.62. The van der Waals surface area contributed by atoms with Gasteiger partial charge in [0, 0.05) is 0 Å². The zero-order chi connectivity index (χ0) is 24.7. The monoisotopic (exact) mass is 465 g/mol. The van der Waals surface area contributed by atoms with Crippen LogP contribution < -0.4 is 5.48 Å². The van der Waals surface area contributed by atoms with Gasteiger partial charge in [0.1, 0.15) is 0 Å². The predicted octanol–water partition coefficient (Wildman–Crippen LogP) is 5.73. The van der Waals surface area contributed by atoms with Crippen LogP contribution in [0.5, 0.6) is 0 Å². The maximum absolute atomic E-state index is 13.1. The van der Waals surface area contributed by atoms with Crippen molar-refractivity contribution < 1.29 is 19.5 Å². The fraction of sp³-hybridized carbons (Fsp3) is 0.0714. The number of nitrogens with zero attached hydrogens (tertiary/aromatic N) is 2. The van der Waals surface area contributed by atoms with E-state index in [0.29, 0.717) is 28.1 Å². The summed E-state index contributed by atoms with van der Waals surface area (Å²) in [7, 11) is 0. The van der Waals surface area contributed by atoms with E-state index in [2.05, 4.69) is 15.7 Å². The van der Waals surface area contributed by atoms with Gasteiger partial charge in [0.2, 0.25) is 0 Å². The Kier molecular flexibility index (Phi) is 7.09. The largest absolute Gasteiger partial charge is 0.372 e. The minimum absolute atomic E-state index is 0.387. The van der Waals surface area contributed by atoms with Crippen LogP contribution in [0.1, 0.15) is 27.0 Å². The lowest BCUT2D eigenvalue weighted by molar-refractivity contribution is -0.133. The molecule has 2 N–H and O–H groups in total. The molecule has 7 nitrogen and oxygen atoms in total. The molecule has 4 rings (SSSR count). The van der Waals surface area contributed by atoms with Gasteiger partial charge >= 0.3 is 11.9 Å². The molecule has 0 fully saturated rings. The summed E-state index contributed by atoms with van der Waals surface area (Å²) in [5.74, 6) is -1.32. The van der Waals surface area contributed by atoms with Gasteiger partial charge in [-0.15, -0.1) is 10.2 Å². The molecule has 0 unspecified atom stereocenters. The number of carbonyl (C=O) groups is 2. The third-order valence-electron chi connectivity index (χ3n) is 5.44. The van der Waals surface area contributed by atoms with Crippen LogP contribution in [0, 0.1) is 6.92 Å². The number of hydrogen-bond acceptors (Lipinski definition) is 6. The first-order valence-corrected chi connectivity index (χ1v) is 10.9. The Morgan fingerprint density at radius 1 is 0.771 bits per heavy atom. The molecule has 35 heavy (non-hydrogen) atoms. The van der Waals surface area contributed by atoms with Crippen molar-refractivity contribution in [1.82, 2.24) is 0 Å². The Morgan fingerprint density at radius 2 is 1.31 bits per heavy atom. The molecule has 7 heteroatoms. The van der Waals surface area contributed by atoms with Crippen molar-refractivity contribution in [3.05, 3.63) is 131 Å². The van der Waals surface area contributed by atoms with Crippen molar-refractivity contribution >= 4 is 23.3 Å². The lowest BCUT2D eigenvalue weighted by Crippen LogP contribution is -2.35. The molecule has 0 aliphatic heterocycles. The van der Waals surface area contributed by atoms with Crippen LogP contribution in [0.4, 0.5) is 11.4 Å². The van der Waals surface area contributed by atoms with Crippen LogP contribution in [-0.2, 0) is 15.2 Å². The standard InChI is InChI=1S/C28H23N3O4/c1-20-10-8-9-15-25(20)26(32)35-31-24-18-16-23(17-19-24)29-30-27(33)28(34,21-11-4-2-5-12-21)22-13-6-3-7-14-22/h2-19,31,34H,1H3. The second-order valence-corrected chi connectivity index (χ2v) is 7.80. The number of benzene rings is 4. The predicted molar refractivity (Wildman–Crippen MR) is 132 cm³/mol. The third kappa shape index (κ3) is 5.31. The van der Waals surface area contributed by atoms with Crippen molar-refractivity contribution in [2.75, 3.05) is 5.48 Å². The number of rotatable bonds is 7. The SMILES string of the molecule is Cc1ccccc1C(=O)ONc1ccc(N=NC(=O)C(O)(c2ccccc2)c2ccccc2)cc1. The molecule has 0 atom stereocenters. The Bertz CT molecular complexity index is 1300. The van der Waals surface area contributed by atoms with Gasteiger partial charge < -0.3 is 9.94 Å². The van der Waals surface area contributed by atoms with E-state index in [1.54, 1.807) is 97.1 Å². The second-order valence-electron chi connectivity index (χ2n) is 7.80. The van der Waals surface area contributed by atoms with Gasteiger partial charge in [-0.1, -0.05) is 78.9 Å². The zero-order valence-electron chi connectivity index (χ0n) is 19.0. The highest BCUT2D eigenvalue weighted by Gasteiger charge is 2.40. The lowest BCUT2D eigenvalue weighted by atomic mass is 9.86. The number of hydrogen-bond donors (Lipinski definition) is 2. The molecule has 0 saturated carbocycles. The van der Waals surface area contributed by atoms with E-state index < -0.39 is 17.5 Å². The number of anilines is 1. The molecule has 0 bridgehead atoms. The fourth-order valence-electron chi connectivity index (χ4n) is 3.51. The van der Waals surface area contributed by atoms with Crippen molar-refractivity contribution in [3.63, 3.8) is 0 Å². The summed E-state index contributed by atoms with van der Waals surface area (Å²) < 4.78 is 0. The zero-order valence-corrected chi connectivity index (χ0v) is 19.0. The first-order valence-electron chi connectivity index (χ1n) is 10.9. The molecule has 4 aromatic carbocycles. The summed E-state index contributed by atoms with van der Waals surface area (Å²) in [6, 6.07) is 30.8. The van der Waals surface area contributed by atoms with Crippen LogP contribution in [0.15, 0.2) is 119 Å². The Balaban J connectivity index is 1.46. The Morgan fingerprint density at radius 3 is 1.89 bits per heavy atom. The van der Waals surface area contributed by atoms with Gasteiger partial charge in [-0.3, -0.25) is 4.79 Å². The minimum atomic E-state index is -1.97. The molecule has 0 aliphatic rings. The first kappa shape index (κ1) is 23.5. The van der Waals surface area contributed by atoms with E-state index in [9.17, 15) is 14.7 Å². The molecular weight excluding hydrogens is 442 g/mol. The van der Waals surface area contributed by atoms with E-state index in [0.717, 1.165) is 5.56 Å². The average Bonchev–Trinajstić information content (AvgIpc) is 2.91. The van der Waals surface area contributed by atoms with E-state index in [-0.39, 0.29) is 0 Å². The summed E-state index contributed by atoms with van der Waals surface area (Å²) in [6.07, 6.45) is 0. The van der Waals surface area contributed by atoms with Crippen molar-refractivity contribution in [2.24, 2.45) is 10.2 Å². The van der Waals surface area contributed by atoms with Crippen molar-refractivity contribution in [1.29, 1.82) is 0 Å². The summed E-state index contributed by atoms with van der Waals surface area (Å²) in [4.78, 5) is 30.4. The number of amides is 1. The summed E-state index contributed by atoms with van der Waals surface area (Å²) in [5, 5.41) is 19.2. The topological polar surface area (TPSA) is 100 Å². The van der Waals surface area contributed by atoms with E-state index in [1.807, 2.05) is 19.1 Å². The molecule has 0 aliphatic carbocycles. The molecule has 4 aromatic rings. The van der Waals surface area contributed by atoms with Gasteiger partial charge in [-0.2, -0.15) is 0 Å². The van der Waals surface area contributed by atoms with Gasteiger partial charge in [-0.25, -0.2) is 10.3 Å². The molecule has 174 valence electrons. The molecule has 0 heterocycles. The molecule has 0 radical (unpaired) electrons. The number of aliphatic hydroxyl groups is 1. The highest BCUT2D eigenvalue weighted by atomic mass is 16.7. The van der Waals surface area contributed by atoms with Crippen LogP contribution in [0.2, 0.25) is 0 Å². The summed E-state index contributed by atoms with van der Waals surface area (Å²) in [6.45, 7) is 1.83. The average molecular weight is 466 g/mol. The molecule has 0 spiro atoms. The van der Waals surface area contributed by atoms with Crippen molar-refractivity contribution in [2.45, 2.75) is 12.5 Å². The smallest absolute Gasteiger partial charge is 0.363 e. The first-order chi connectivity index (χ1) is 17.0. The quantitative estimate of drug-likeness (QED) is 0.268. The molecule has 0 saturated heterocycles. The number of carbonyl (C=O) groups excluding carboxylic acids is 2. The maximum Gasteiger partial charge on any atom is 0.363 e. The molecular formula is C28H23N3O4.